The first-order valence-electron chi connectivity index (χ1n) is 6.43. The Morgan fingerprint density at radius 3 is 2.74 bits per heavy atom. The fraction of sp³-hybridized carbons (Fsp3) is 0.667. The monoisotopic (exact) mass is 279 g/mol. The molecule has 0 spiro atoms. The molecule has 0 radical (unpaired) electrons. The molecule has 1 aliphatic carbocycles. The SMILES string of the molecule is CC(C)(C)c1nnsc1-c1nnc(CNC2CC2)o1. The Bertz CT molecular complexity index is 567. The molecule has 0 bridgehead atoms. The van der Waals surface area contributed by atoms with Crippen LogP contribution in [0.25, 0.3) is 10.8 Å². The van der Waals surface area contributed by atoms with Crippen molar-refractivity contribution in [3.63, 3.8) is 0 Å². The van der Waals surface area contributed by atoms with Gasteiger partial charge in [0.2, 0.25) is 5.89 Å². The average Bonchev–Trinajstić information content (AvgIpc) is 2.87. The first kappa shape index (κ1) is 12.7. The topological polar surface area (TPSA) is 76.7 Å². The highest BCUT2D eigenvalue weighted by atomic mass is 32.1. The van der Waals surface area contributed by atoms with E-state index >= 15 is 0 Å². The molecule has 2 heterocycles. The van der Waals surface area contributed by atoms with Crippen molar-refractivity contribution in [2.75, 3.05) is 0 Å². The molecule has 0 amide bonds. The van der Waals surface area contributed by atoms with Crippen LogP contribution in [0.4, 0.5) is 0 Å². The quantitative estimate of drug-likeness (QED) is 0.924. The molecular formula is C12H17N5OS. The molecule has 19 heavy (non-hydrogen) atoms. The van der Waals surface area contributed by atoms with Crippen LogP contribution in [0.15, 0.2) is 4.42 Å². The van der Waals surface area contributed by atoms with E-state index in [4.69, 9.17) is 4.42 Å². The molecule has 7 heteroatoms. The smallest absolute Gasteiger partial charge is 0.261 e. The molecule has 0 aliphatic heterocycles. The summed E-state index contributed by atoms with van der Waals surface area (Å²) < 4.78 is 9.69. The zero-order chi connectivity index (χ0) is 13.5. The molecule has 2 aromatic heterocycles. The van der Waals surface area contributed by atoms with E-state index in [1.807, 2.05) is 0 Å². The molecule has 0 unspecified atom stereocenters. The molecule has 0 aromatic carbocycles. The third kappa shape index (κ3) is 2.82. The van der Waals surface area contributed by atoms with Crippen LogP contribution in [0.2, 0.25) is 0 Å². The average molecular weight is 279 g/mol. The Morgan fingerprint density at radius 1 is 1.26 bits per heavy atom. The van der Waals surface area contributed by atoms with Crippen LogP contribution in [-0.2, 0) is 12.0 Å². The van der Waals surface area contributed by atoms with Gasteiger partial charge in [0.1, 0.15) is 4.88 Å². The highest BCUT2D eigenvalue weighted by Crippen LogP contribution is 2.33. The molecule has 6 nitrogen and oxygen atoms in total. The van der Waals surface area contributed by atoms with Gasteiger partial charge in [-0.05, 0) is 24.4 Å². The lowest BCUT2D eigenvalue weighted by Gasteiger charge is -2.14. The van der Waals surface area contributed by atoms with Gasteiger partial charge in [-0.25, -0.2) is 0 Å². The molecular weight excluding hydrogens is 262 g/mol. The van der Waals surface area contributed by atoms with Gasteiger partial charge >= 0.3 is 0 Å². The van der Waals surface area contributed by atoms with E-state index in [9.17, 15) is 0 Å². The van der Waals surface area contributed by atoms with Crippen molar-refractivity contribution >= 4 is 11.5 Å². The number of nitrogens with one attached hydrogen (secondary N) is 1. The molecule has 0 saturated heterocycles. The Hall–Kier alpha value is -1.34. The van der Waals surface area contributed by atoms with E-state index in [1.54, 1.807) is 0 Å². The van der Waals surface area contributed by atoms with Crippen molar-refractivity contribution in [1.29, 1.82) is 0 Å². The van der Waals surface area contributed by atoms with Gasteiger partial charge in [0.15, 0.2) is 0 Å². The van der Waals surface area contributed by atoms with E-state index in [0.717, 1.165) is 10.6 Å². The maximum Gasteiger partial charge on any atom is 0.261 e. The van der Waals surface area contributed by atoms with Crippen LogP contribution in [0.3, 0.4) is 0 Å². The van der Waals surface area contributed by atoms with Crippen molar-refractivity contribution in [3.8, 4) is 10.8 Å². The second-order valence-corrected chi connectivity index (χ2v) is 6.61. The van der Waals surface area contributed by atoms with Crippen molar-refractivity contribution in [2.45, 2.75) is 51.6 Å². The summed E-state index contributed by atoms with van der Waals surface area (Å²) in [7, 11) is 0. The van der Waals surface area contributed by atoms with Crippen LogP contribution >= 0.6 is 11.5 Å². The van der Waals surface area contributed by atoms with Crippen molar-refractivity contribution in [2.24, 2.45) is 0 Å². The lowest BCUT2D eigenvalue weighted by molar-refractivity contribution is 0.475. The number of rotatable bonds is 4. The maximum atomic E-state index is 5.69. The van der Waals surface area contributed by atoms with E-state index < -0.39 is 0 Å². The first-order valence-corrected chi connectivity index (χ1v) is 7.20. The fourth-order valence-corrected chi connectivity index (χ4v) is 2.56. The number of hydrogen-bond acceptors (Lipinski definition) is 7. The molecule has 1 N–H and O–H groups in total. The maximum absolute atomic E-state index is 5.69. The van der Waals surface area contributed by atoms with E-state index in [1.165, 1.54) is 24.4 Å². The third-order valence-electron chi connectivity index (χ3n) is 2.98. The summed E-state index contributed by atoms with van der Waals surface area (Å²) in [5, 5.41) is 15.7. The van der Waals surface area contributed by atoms with Crippen LogP contribution in [0.5, 0.6) is 0 Å². The Balaban J connectivity index is 1.80. The lowest BCUT2D eigenvalue weighted by Crippen LogP contribution is -2.15. The molecule has 1 aliphatic rings. The largest absolute Gasteiger partial charge is 0.418 e. The number of hydrogen-bond donors (Lipinski definition) is 1. The van der Waals surface area contributed by atoms with Crippen molar-refractivity contribution in [3.05, 3.63) is 11.6 Å². The summed E-state index contributed by atoms with van der Waals surface area (Å²) in [5.74, 6) is 1.14. The second-order valence-electron chi connectivity index (χ2n) is 5.86. The van der Waals surface area contributed by atoms with Crippen LogP contribution < -0.4 is 5.32 Å². The van der Waals surface area contributed by atoms with E-state index in [2.05, 4.69) is 45.9 Å². The zero-order valence-corrected chi connectivity index (χ0v) is 12.1. The zero-order valence-electron chi connectivity index (χ0n) is 11.3. The third-order valence-corrected chi connectivity index (χ3v) is 3.69. The molecule has 1 saturated carbocycles. The Kier molecular flexibility index (Phi) is 3.10. The van der Waals surface area contributed by atoms with E-state index in [0.29, 0.717) is 24.4 Å². The minimum Gasteiger partial charge on any atom is -0.418 e. The summed E-state index contributed by atoms with van der Waals surface area (Å²) in [6.45, 7) is 6.92. The van der Waals surface area contributed by atoms with Gasteiger partial charge in [0.05, 0.1) is 12.2 Å². The highest BCUT2D eigenvalue weighted by Gasteiger charge is 2.26. The summed E-state index contributed by atoms with van der Waals surface area (Å²) in [5.41, 5.74) is 0.825. The van der Waals surface area contributed by atoms with Gasteiger partial charge in [0, 0.05) is 11.5 Å². The minimum atomic E-state index is -0.0801. The highest BCUT2D eigenvalue weighted by molar-refractivity contribution is 7.09. The second kappa shape index (κ2) is 4.64. The predicted octanol–water partition coefficient (Wildman–Crippen LogP) is 2.14. The van der Waals surface area contributed by atoms with Gasteiger partial charge in [-0.3, -0.25) is 0 Å². The number of aromatic nitrogens is 4. The van der Waals surface area contributed by atoms with Crippen LogP contribution in [0, 0.1) is 0 Å². The summed E-state index contributed by atoms with van der Waals surface area (Å²) in [6, 6.07) is 0.630. The number of nitrogens with zero attached hydrogens (tertiary/aromatic N) is 4. The summed E-state index contributed by atoms with van der Waals surface area (Å²) in [6.07, 6.45) is 2.49. The summed E-state index contributed by atoms with van der Waals surface area (Å²) >= 11 is 1.30. The van der Waals surface area contributed by atoms with Gasteiger partial charge in [-0.15, -0.1) is 15.3 Å². The van der Waals surface area contributed by atoms with Gasteiger partial charge < -0.3 is 9.73 Å². The molecule has 2 aromatic rings. The van der Waals surface area contributed by atoms with Crippen molar-refractivity contribution < 1.29 is 4.42 Å². The van der Waals surface area contributed by atoms with E-state index in [-0.39, 0.29) is 5.41 Å². The molecule has 1 fully saturated rings. The van der Waals surface area contributed by atoms with Gasteiger partial charge in [-0.1, -0.05) is 25.3 Å². The Labute approximate surface area is 115 Å². The lowest BCUT2D eigenvalue weighted by atomic mass is 9.91. The molecule has 0 atom stereocenters. The molecule has 3 rings (SSSR count). The van der Waals surface area contributed by atoms with Gasteiger partial charge in [0.25, 0.3) is 5.89 Å². The first-order chi connectivity index (χ1) is 9.04. The van der Waals surface area contributed by atoms with Crippen LogP contribution in [-0.4, -0.2) is 25.8 Å². The standard InChI is InChI=1S/C12H17N5OS/c1-12(2,3)10-9(19-17-15-10)11-16-14-8(18-11)6-13-7-4-5-7/h7,13H,4-6H2,1-3H3. The minimum absolute atomic E-state index is 0.0801. The Morgan fingerprint density at radius 2 is 2.05 bits per heavy atom. The summed E-state index contributed by atoms with van der Waals surface area (Å²) in [4.78, 5) is 0.873. The normalized spacial score (nSPS) is 15.9. The van der Waals surface area contributed by atoms with Gasteiger partial charge in [-0.2, -0.15) is 0 Å². The van der Waals surface area contributed by atoms with Crippen molar-refractivity contribution in [1.82, 2.24) is 25.1 Å². The predicted molar refractivity (Wildman–Crippen MR) is 71.8 cm³/mol. The molecule has 102 valence electrons. The van der Waals surface area contributed by atoms with Crippen LogP contribution in [0.1, 0.15) is 45.2 Å². The fourth-order valence-electron chi connectivity index (χ4n) is 1.76.